The largest absolute Gasteiger partial charge is 0.277 e. The van der Waals surface area contributed by atoms with Crippen molar-refractivity contribution in [3.05, 3.63) is 34.7 Å². The summed E-state index contributed by atoms with van der Waals surface area (Å²) in [5.74, 6) is 0. The van der Waals surface area contributed by atoms with Gasteiger partial charge in [0.15, 0.2) is 6.34 Å². The molecule has 1 aromatic carbocycles. The van der Waals surface area contributed by atoms with E-state index in [1.54, 1.807) is 0 Å². The molecule has 0 atom stereocenters. The Morgan fingerprint density at radius 1 is 1.33 bits per heavy atom. The number of rotatable bonds is 3. The van der Waals surface area contributed by atoms with Crippen LogP contribution >= 0.6 is 0 Å². The van der Waals surface area contributed by atoms with Crippen LogP contribution in [0.4, 0.5) is 5.69 Å². The summed E-state index contributed by atoms with van der Waals surface area (Å²) in [6.45, 7) is 2.00. The van der Waals surface area contributed by atoms with Gasteiger partial charge in [-0.15, -0.1) is 4.91 Å². The first-order valence-corrected chi connectivity index (χ1v) is 3.49. The van der Waals surface area contributed by atoms with Crippen LogP contribution in [0.2, 0.25) is 0 Å². The zero-order chi connectivity index (χ0) is 8.81. The zero-order valence-corrected chi connectivity index (χ0v) is 6.69. The smallest absolute Gasteiger partial charge is 0.180 e. The van der Waals surface area contributed by atoms with E-state index in [1.807, 2.05) is 31.2 Å². The van der Waals surface area contributed by atoms with E-state index in [-0.39, 0.29) is 0 Å². The molecular weight excluding hydrogens is 154 g/mol. The highest BCUT2D eigenvalue weighted by atomic mass is 16.3. The van der Waals surface area contributed by atoms with Crippen LogP contribution in [0, 0.1) is 11.8 Å². The Kier molecular flexibility index (Phi) is 2.95. The number of hydrazone groups is 1. The summed E-state index contributed by atoms with van der Waals surface area (Å²) < 4.78 is 0. The molecule has 1 rings (SSSR count). The van der Waals surface area contributed by atoms with Crippen molar-refractivity contribution < 1.29 is 0 Å². The van der Waals surface area contributed by atoms with E-state index >= 15 is 0 Å². The first kappa shape index (κ1) is 8.39. The third kappa shape index (κ3) is 2.49. The van der Waals surface area contributed by atoms with Crippen molar-refractivity contribution in [2.45, 2.75) is 6.92 Å². The molecule has 0 unspecified atom stereocenters. The van der Waals surface area contributed by atoms with Gasteiger partial charge in [-0.3, -0.25) is 5.43 Å². The quantitative estimate of drug-likeness (QED) is 0.321. The minimum Gasteiger partial charge on any atom is -0.277 e. The molecule has 0 bridgehead atoms. The SMILES string of the molecule is Cc1ccc(N/N=C/N=O)cc1. The molecule has 62 valence electrons. The summed E-state index contributed by atoms with van der Waals surface area (Å²) in [7, 11) is 0. The fourth-order valence-corrected chi connectivity index (χ4v) is 0.755. The summed E-state index contributed by atoms with van der Waals surface area (Å²) >= 11 is 0. The van der Waals surface area contributed by atoms with Gasteiger partial charge >= 0.3 is 0 Å². The molecule has 0 saturated heterocycles. The topological polar surface area (TPSA) is 53.8 Å². The third-order valence-corrected chi connectivity index (χ3v) is 1.35. The number of anilines is 1. The number of hydrogen-bond acceptors (Lipinski definition) is 3. The highest BCUT2D eigenvalue weighted by Gasteiger charge is 1.86. The lowest BCUT2D eigenvalue weighted by Crippen LogP contribution is -1.87. The van der Waals surface area contributed by atoms with Gasteiger partial charge in [-0.2, -0.15) is 5.10 Å². The van der Waals surface area contributed by atoms with Crippen LogP contribution in [-0.2, 0) is 0 Å². The lowest BCUT2D eigenvalue weighted by Gasteiger charge is -1.98. The van der Waals surface area contributed by atoms with E-state index in [1.165, 1.54) is 5.56 Å². The third-order valence-electron chi connectivity index (χ3n) is 1.35. The second-order valence-electron chi connectivity index (χ2n) is 2.33. The Labute approximate surface area is 70.3 Å². The summed E-state index contributed by atoms with van der Waals surface area (Å²) in [6, 6.07) is 7.65. The summed E-state index contributed by atoms with van der Waals surface area (Å²) in [5, 5.41) is 6.00. The van der Waals surface area contributed by atoms with Gasteiger partial charge in [0.25, 0.3) is 0 Å². The number of benzene rings is 1. The Morgan fingerprint density at radius 2 is 2.00 bits per heavy atom. The van der Waals surface area contributed by atoms with E-state index in [0.29, 0.717) is 0 Å². The van der Waals surface area contributed by atoms with Crippen molar-refractivity contribution in [3.8, 4) is 0 Å². The van der Waals surface area contributed by atoms with Gasteiger partial charge in [0.2, 0.25) is 0 Å². The normalized spacial score (nSPS) is 10.1. The molecule has 0 aliphatic carbocycles. The molecule has 0 radical (unpaired) electrons. The van der Waals surface area contributed by atoms with Crippen LogP contribution < -0.4 is 5.43 Å². The molecule has 0 aliphatic rings. The lowest BCUT2D eigenvalue weighted by molar-refractivity contribution is 1.33. The first-order chi connectivity index (χ1) is 5.83. The van der Waals surface area contributed by atoms with E-state index < -0.39 is 0 Å². The molecule has 0 amide bonds. The maximum atomic E-state index is 9.61. The molecule has 12 heavy (non-hydrogen) atoms. The number of aryl methyl sites for hydroxylation is 1. The number of hydrogen-bond donors (Lipinski definition) is 1. The molecule has 0 spiro atoms. The molecule has 1 N–H and O–H groups in total. The second-order valence-corrected chi connectivity index (χ2v) is 2.33. The minimum atomic E-state index is 0.834. The van der Waals surface area contributed by atoms with E-state index in [2.05, 4.69) is 15.7 Å². The van der Waals surface area contributed by atoms with E-state index in [4.69, 9.17) is 0 Å². The van der Waals surface area contributed by atoms with E-state index in [9.17, 15) is 4.91 Å². The monoisotopic (exact) mass is 163 g/mol. The van der Waals surface area contributed by atoms with Crippen molar-refractivity contribution in [1.82, 2.24) is 0 Å². The Balaban J connectivity index is 2.58. The van der Waals surface area contributed by atoms with Gasteiger partial charge in [-0.05, 0) is 24.2 Å². The van der Waals surface area contributed by atoms with Crippen LogP contribution in [0.25, 0.3) is 0 Å². The predicted octanol–water partition coefficient (Wildman–Crippen LogP) is 2.12. The highest BCUT2D eigenvalue weighted by molar-refractivity contribution is 5.57. The molecule has 0 aliphatic heterocycles. The molecule has 0 aromatic heterocycles. The number of nitrogens with zero attached hydrogens (tertiary/aromatic N) is 2. The van der Waals surface area contributed by atoms with Gasteiger partial charge in [-0.1, -0.05) is 17.7 Å². The van der Waals surface area contributed by atoms with Crippen LogP contribution in [0.15, 0.2) is 34.5 Å². The molecule has 1 aromatic rings. The van der Waals surface area contributed by atoms with Crippen LogP contribution in [-0.4, -0.2) is 6.34 Å². The maximum Gasteiger partial charge on any atom is 0.180 e. The second kappa shape index (κ2) is 4.23. The molecule has 4 heteroatoms. The maximum absolute atomic E-state index is 9.61. The van der Waals surface area contributed by atoms with Crippen LogP contribution in [0.1, 0.15) is 5.56 Å². The average molecular weight is 163 g/mol. The minimum absolute atomic E-state index is 0.834. The molecule has 4 nitrogen and oxygen atoms in total. The molecule has 0 heterocycles. The lowest BCUT2D eigenvalue weighted by atomic mass is 10.2. The fraction of sp³-hybridized carbons (Fsp3) is 0.125. The van der Waals surface area contributed by atoms with Crippen LogP contribution in [0.3, 0.4) is 0 Å². The van der Waals surface area contributed by atoms with Gasteiger partial charge < -0.3 is 0 Å². The first-order valence-electron chi connectivity index (χ1n) is 3.49. The molecule has 0 fully saturated rings. The van der Waals surface area contributed by atoms with Crippen molar-refractivity contribution in [1.29, 1.82) is 0 Å². The molecular formula is C8H9N3O. The number of nitroso groups, excluding NO2 is 1. The van der Waals surface area contributed by atoms with Crippen molar-refractivity contribution >= 4 is 12.0 Å². The zero-order valence-electron chi connectivity index (χ0n) is 6.69. The predicted molar refractivity (Wildman–Crippen MR) is 49.1 cm³/mol. The van der Waals surface area contributed by atoms with Crippen molar-refractivity contribution in [2.75, 3.05) is 5.43 Å². The summed E-state index contributed by atoms with van der Waals surface area (Å²) in [4.78, 5) is 9.61. The van der Waals surface area contributed by atoms with Gasteiger partial charge in [0.1, 0.15) is 0 Å². The van der Waals surface area contributed by atoms with Gasteiger partial charge in [0.05, 0.1) is 5.69 Å². The van der Waals surface area contributed by atoms with E-state index in [0.717, 1.165) is 12.0 Å². The fourth-order valence-electron chi connectivity index (χ4n) is 0.755. The van der Waals surface area contributed by atoms with Crippen molar-refractivity contribution in [3.63, 3.8) is 0 Å². The Morgan fingerprint density at radius 3 is 2.58 bits per heavy atom. The summed E-state index contributed by atoms with van der Waals surface area (Å²) in [6.07, 6.45) is 0.917. The highest BCUT2D eigenvalue weighted by Crippen LogP contribution is 2.07. The molecule has 0 saturated carbocycles. The van der Waals surface area contributed by atoms with Crippen LogP contribution in [0.5, 0.6) is 0 Å². The average Bonchev–Trinajstić information content (AvgIpc) is 2.09. The van der Waals surface area contributed by atoms with Gasteiger partial charge in [-0.25, -0.2) is 0 Å². The standard InChI is InChI=1S/C8H9N3O/c1-7-2-4-8(5-3-7)11-9-6-10-12/h2-6,11H,1H3/b9-6+. The van der Waals surface area contributed by atoms with Gasteiger partial charge in [0, 0.05) is 0 Å². The summed E-state index contributed by atoms with van der Waals surface area (Å²) in [5.41, 5.74) is 4.66. The Bertz CT molecular complexity index is 279. The Hall–Kier alpha value is -1.71. The van der Waals surface area contributed by atoms with Crippen molar-refractivity contribution in [2.24, 2.45) is 10.3 Å². The number of nitrogens with one attached hydrogen (secondary N) is 1.